The van der Waals surface area contributed by atoms with Crippen LogP contribution in [0.3, 0.4) is 0 Å². The molecular weight excluding hydrogens is 417 g/mol. The Kier molecular flexibility index (Phi) is 6.89. The minimum absolute atomic E-state index is 0.0149. The molecule has 8 nitrogen and oxygen atoms in total. The molecule has 2 aliphatic heterocycles. The van der Waals surface area contributed by atoms with E-state index in [4.69, 9.17) is 14.6 Å². The van der Waals surface area contributed by atoms with Gasteiger partial charge in [-0.25, -0.2) is 13.2 Å². The van der Waals surface area contributed by atoms with Gasteiger partial charge in [-0.2, -0.15) is 13.2 Å². The molecule has 1 amide bonds. The molecule has 2 saturated heterocycles. The molecule has 162 valence electrons. The second-order valence-corrected chi connectivity index (χ2v) is 9.18. The van der Waals surface area contributed by atoms with Gasteiger partial charge < -0.3 is 14.7 Å². The summed E-state index contributed by atoms with van der Waals surface area (Å²) in [5.74, 6) is -2.71. The van der Waals surface area contributed by atoms with Crippen LogP contribution in [-0.4, -0.2) is 78.3 Å². The molecular formula is C17H21F3N2O6S. The highest BCUT2D eigenvalue weighted by Gasteiger charge is 2.62. The zero-order valence-electron chi connectivity index (χ0n) is 15.6. The molecule has 3 rings (SSSR count). The van der Waals surface area contributed by atoms with E-state index < -0.39 is 26.7 Å². The van der Waals surface area contributed by atoms with Crippen molar-refractivity contribution < 1.29 is 41.0 Å². The van der Waals surface area contributed by atoms with Gasteiger partial charge in [0.25, 0.3) is 5.91 Å². The molecule has 1 aromatic rings. The second kappa shape index (κ2) is 8.66. The number of carbonyl (C=O) groups excluding carboxylic acids is 1. The summed E-state index contributed by atoms with van der Waals surface area (Å²) < 4.78 is 61.3. The molecule has 12 heteroatoms. The third-order valence-corrected chi connectivity index (χ3v) is 7.60. The quantitative estimate of drug-likeness (QED) is 0.755. The van der Waals surface area contributed by atoms with Crippen molar-refractivity contribution in [1.29, 1.82) is 0 Å². The summed E-state index contributed by atoms with van der Waals surface area (Å²) in [5, 5.41) is 7.12. The van der Waals surface area contributed by atoms with Crippen molar-refractivity contribution in [2.45, 2.75) is 24.3 Å². The van der Waals surface area contributed by atoms with Crippen LogP contribution in [0.15, 0.2) is 24.5 Å². The Morgan fingerprint density at radius 2 is 1.86 bits per heavy atom. The lowest BCUT2D eigenvalue weighted by Gasteiger charge is -2.49. The van der Waals surface area contributed by atoms with Gasteiger partial charge in [-0.05, 0) is 25.5 Å². The van der Waals surface area contributed by atoms with Gasteiger partial charge in [0.15, 0.2) is 9.84 Å². The molecule has 0 radical (unpaired) electrons. The summed E-state index contributed by atoms with van der Waals surface area (Å²) in [6.07, 6.45) is -1.33. The SMILES string of the molecule is CCOCC1CCS(=O)(=O)C12CN(C(=O)c1ccncc1)C2.O=C(O)C(F)(F)F. The van der Waals surface area contributed by atoms with E-state index in [1.54, 1.807) is 29.4 Å². The van der Waals surface area contributed by atoms with Crippen LogP contribution in [-0.2, 0) is 19.4 Å². The number of carbonyl (C=O) groups is 2. The molecule has 1 atom stereocenters. The Morgan fingerprint density at radius 3 is 2.34 bits per heavy atom. The van der Waals surface area contributed by atoms with E-state index >= 15 is 0 Å². The Labute approximate surface area is 165 Å². The van der Waals surface area contributed by atoms with Crippen LogP contribution in [0.25, 0.3) is 0 Å². The summed E-state index contributed by atoms with van der Waals surface area (Å²) in [5.41, 5.74) is 0.543. The van der Waals surface area contributed by atoms with Crippen molar-refractivity contribution in [3.05, 3.63) is 30.1 Å². The van der Waals surface area contributed by atoms with E-state index in [1.807, 2.05) is 6.92 Å². The van der Waals surface area contributed by atoms with E-state index in [1.165, 1.54) is 0 Å². The second-order valence-electron chi connectivity index (χ2n) is 6.73. The zero-order valence-corrected chi connectivity index (χ0v) is 16.4. The Balaban J connectivity index is 0.000000370. The molecule has 2 fully saturated rings. The smallest absolute Gasteiger partial charge is 0.475 e. The third-order valence-electron chi connectivity index (χ3n) is 5.00. The average Bonchev–Trinajstić information content (AvgIpc) is 2.89. The fraction of sp³-hybridized carbons (Fsp3) is 0.588. The lowest BCUT2D eigenvalue weighted by atomic mass is 9.83. The molecule has 0 aliphatic carbocycles. The van der Waals surface area contributed by atoms with Gasteiger partial charge in [0.1, 0.15) is 4.75 Å². The maximum absolute atomic E-state index is 12.4. The summed E-state index contributed by atoms with van der Waals surface area (Å²) >= 11 is 0. The number of pyridine rings is 1. The maximum atomic E-state index is 12.4. The van der Waals surface area contributed by atoms with Crippen molar-refractivity contribution in [2.75, 3.05) is 32.1 Å². The molecule has 1 aromatic heterocycles. The number of alkyl halides is 3. The first kappa shape index (κ1) is 23.1. The number of nitrogens with zero attached hydrogens (tertiary/aromatic N) is 2. The highest BCUT2D eigenvalue weighted by atomic mass is 32.2. The molecule has 1 N–H and O–H groups in total. The standard InChI is InChI=1S/C15H20N2O4S.C2HF3O2/c1-2-21-9-13-5-8-22(19,20)15(13)10-17(11-15)14(18)12-3-6-16-7-4-12;3-2(4,5)1(6)7/h3-4,6-7,13H,2,5,8-11H2,1H3;(H,6,7). The molecule has 0 aromatic carbocycles. The number of carboxylic acid groups (broad SMARTS) is 1. The average molecular weight is 438 g/mol. The first-order valence-electron chi connectivity index (χ1n) is 8.74. The van der Waals surface area contributed by atoms with E-state index in [9.17, 15) is 26.4 Å². The van der Waals surface area contributed by atoms with E-state index in [-0.39, 0.29) is 30.7 Å². The normalized spacial score (nSPS) is 21.8. The van der Waals surface area contributed by atoms with Gasteiger partial charge in [0.2, 0.25) is 0 Å². The van der Waals surface area contributed by atoms with E-state index in [0.29, 0.717) is 25.2 Å². The van der Waals surface area contributed by atoms with Gasteiger partial charge in [-0.15, -0.1) is 0 Å². The third kappa shape index (κ3) is 4.86. The van der Waals surface area contributed by atoms with Gasteiger partial charge in [-0.1, -0.05) is 0 Å². The van der Waals surface area contributed by atoms with Gasteiger partial charge in [-0.3, -0.25) is 9.78 Å². The number of aliphatic carboxylic acids is 1. The van der Waals surface area contributed by atoms with Crippen LogP contribution in [0.5, 0.6) is 0 Å². The number of hydrogen-bond acceptors (Lipinski definition) is 6. The number of likely N-dealkylation sites (tertiary alicyclic amines) is 1. The number of halogens is 3. The molecule has 1 spiro atoms. The Hall–Kier alpha value is -2.21. The number of ether oxygens (including phenoxy) is 1. The van der Waals surface area contributed by atoms with Crippen LogP contribution in [0.4, 0.5) is 13.2 Å². The van der Waals surface area contributed by atoms with Crippen molar-refractivity contribution in [3.8, 4) is 0 Å². The van der Waals surface area contributed by atoms with Crippen molar-refractivity contribution in [1.82, 2.24) is 9.88 Å². The van der Waals surface area contributed by atoms with Gasteiger partial charge in [0.05, 0.1) is 12.4 Å². The number of carboxylic acids is 1. The minimum Gasteiger partial charge on any atom is -0.475 e. The fourth-order valence-electron chi connectivity index (χ4n) is 3.39. The molecule has 3 heterocycles. The molecule has 0 saturated carbocycles. The number of amides is 1. The Morgan fingerprint density at radius 1 is 1.31 bits per heavy atom. The predicted molar refractivity (Wildman–Crippen MR) is 94.9 cm³/mol. The summed E-state index contributed by atoms with van der Waals surface area (Å²) in [6, 6.07) is 3.29. The monoisotopic (exact) mass is 438 g/mol. The topological polar surface area (TPSA) is 114 Å². The van der Waals surface area contributed by atoms with Crippen molar-refractivity contribution in [3.63, 3.8) is 0 Å². The maximum Gasteiger partial charge on any atom is 0.490 e. The van der Waals surface area contributed by atoms with Gasteiger partial charge >= 0.3 is 12.1 Å². The summed E-state index contributed by atoms with van der Waals surface area (Å²) in [6.45, 7) is 3.47. The summed E-state index contributed by atoms with van der Waals surface area (Å²) in [4.78, 5) is 26.8. The molecule has 29 heavy (non-hydrogen) atoms. The lowest BCUT2D eigenvalue weighted by Crippen LogP contribution is -2.68. The zero-order chi connectivity index (χ0) is 21.9. The number of rotatable bonds is 4. The van der Waals surface area contributed by atoms with E-state index in [2.05, 4.69) is 4.98 Å². The lowest BCUT2D eigenvalue weighted by molar-refractivity contribution is -0.192. The van der Waals surface area contributed by atoms with Crippen molar-refractivity contribution >= 4 is 21.7 Å². The van der Waals surface area contributed by atoms with Crippen LogP contribution < -0.4 is 0 Å². The largest absolute Gasteiger partial charge is 0.490 e. The summed E-state index contributed by atoms with van der Waals surface area (Å²) in [7, 11) is -3.16. The highest BCUT2D eigenvalue weighted by molar-refractivity contribution is 7.93. The number of hydrogen-bond donors (Lipinski definition) is 1. The van der Waals surface area contributed by atoms with Gasteiger partial charge in [0, 0.05) is 43.6 Å². The Bertz CT molecular complexity index is 838. The fourth-order valence-corrected chi connectivity index (χ4v) is 5.79. The van der Waals surface area contributed by atoms with Crippen LogP contribution in [0.1, 0.15) is 23.7 Å². The number of sulfone groups is 1. The van der Waals surface area contributed by atoms with E-state index in [0.717, 1.165) is 0 Å². The highest BCUT2D eigenvalue weighted by Crippen LogP contribution is 2.45. The first-order chi connectivity index (χ1) is 13.4. The predicted octanol–water partition coefficient (Wildman–Crippen LogP) is 1.38. The van der Waals surface area contributed by atoms with Crippen LogP contribution >= 0.6 is 0 Å². The molecule has 2 aliphatic rings. The van der Waals surface area contributed by atoms with Crippen LogP contribution in [0.2, 0.25) is 0 Å². The van der Waals surface area contributed by atoms with Crippen LogP contribution in [0, 0.1) is 5.92 Å². The van der Waals surface area contributed by atoms with Crippen molar-refractivity contribution in [2.24, 2.45) is 5.92 Å². The molecule has 1 unspecified atom stereocenters. The molecule has 0 bridgehead atoms. The first-order valence-corrected chi connectivity index (χ1v) is 10.4. The minimum atomic E-state index is -5.08. The number of aromatic nitrogens is 1.